The number of ether oxygens (including phenoxy) is 2. The van der Waals surface area contributed by atoms with Crippen LogP contribution in [0.15, 0.2) is 45.7 Å². The maximum Gasteiger partial charge on any atom is 0.573 e. The van der Waals surface area contributed by atoms with Crippen molar-refractivity contribution >= 4 is 11.7 Å². The van der Waals surface area contributed by atoms with Crippen LogP contribution < -0.4 is 10.3 Å². The van der Waals surface area contributed by atoms with Gasteiger partial charge in [0.25, 0.3) is 11.4 Å². The molecule has 1 aromatic carbocycles. The SMILES string of the molecule is CC(C)(C)OC(=O)N1CCC(c2cc(=O)[nH]c3c(-c4nnc(Cc5ccc(OC(F)(F)F)cc5)o4)cnn23)CC1. The Morgan fingerprint density at radius 2 is 1.82 bits per heavy atom. The number of alkyl halides is 3. The summed E-state index contributed by atoms with van der Waals surface area (Å²) in [4.78, 5) is 29.5. The number of piperidine rings is 1. The van der Waals surface area contributed by atoms with E-state index in [1.165, 1.54) is 36.5 Å². The first kappa shape index (κ1) is 27.2. The Balaban J connectivity index is 1.31. The second kappa shape index (κ2) is 10.3. The van der Waals surface area contributed by atoms with E-state index in [1.54, 1.807) is 9.42 Å². The summed E-state index contributed by atoms with van der Waals surface area (Å²) in [6.07, 6.45) is -2.17. The zero-order valence-corrected chi connectivity index (χ0v) is 22.0. The van der Waals surface area contributed by atoms with Crippen molar-refractivity contribution in [3.8, 4) is 17.2 Å². The summed E-state index contributed by atoms with van der Waals surface area (Å²) in [5.74, 6) is 0.0179. The summed E-state index contributed by atoms with van der Waals surface area (Å²) in [6.45, 7) is 6.43. The van der Waals surface area contributed by atoms with Gasteiger partial charge in [0.1, 0.15) is 22.6 Å². The summed E-state index contributed by atoms with van der Waals surface area (Å²) in [5.41, 5.74) is 1.26. The number of carbonyl (C=O) groups excluding carboxylic acids is 1. The molecule has 0 atom stereocenters. The van der Waals surface area contributed by atoms with Crippen molar-refractivity contribution in [2.45, 2.75) is 57.9 Å². The van der Waals surface area contributed by atoms with Gasteiger partial charge in [-0.1, -0.05) is 12.1 Å². The lowest BCUT2D eigenvalue weighted by molar-refractivity contribution is -0.274. The lowest BCUT2D eigenvalue weighted by Gasteiger charge is -2.33. The van der Waals surface area contributed by atoms with Crippen LogP contribution in [0, 0.1) is 0 Å². The predicted molar refractivity (Wildman–Crippen MR) is 135 cm³/mol. The molecule has 14 heteroatoms. The van der Waals surface area contributed by atoms with Crippen LogP contribution in [0.5, 0.6) is 5.75 Å². The van der Waals surface area contributed by atoms with Crippen LogP contribution in [0.2, 0.25) is 0 Å². The highest BCUT2D eigenvalue weighted by molar-refractivity contribution is 5.71. The molecular formula is C26H27F3N6O5. The number of benzene rings is 1. The van der Waals surface area contributed by atoms with E-state index in [2.05, 4.69) is 25.0 Å². The quantitative estimate of drug-likeness (QED) is 0.373. The zero-order valence-electron chi connectivity index (χ0n) is 22.0. The van der Waals surface area contributed by atoms with Gasteiger partial charge in [-0.15, -0.1) is 23.4 Å². The Morgan fingerprint density at radius 1 is 1.12 bits per heavy atom. The Bertz CT molecular complexity index is 1560. The maximum atomic E-state index is 12.6. The van der Waals surface area contributed by atoms with Gasteiger partial charge in [-0.3, -0.25) is 4.79 Å². The average molecular weight is 561 g/mol. The molecule has 1 aliphatic rings. The molecule has 0 unspecified atom stereocenters. The molecule has 3 aromatic heterocycles. The number of hydrogen-bond acceptors (Lipinski definition) is 8. The van der Waals surface area contributed by atoms with Gasteiger partial charge < -0.3 is 23.8 Å². The fourth-order valence-electron chi connectivity index (χ4n) is 4.56. The number of nitrogens with one attached hydrogen (secondary N) is 1. The van der Waals surface area contributed by atoms with Crippen LogP contribution in [0.4, 0.5) is 18.0 Å². The average Bonchev–Trinajstić information content (AvgIpc) is 3.50. The van der Waals surface area contributed by atoms with Crippen LogP contribution in [0.25, 0.3) is 17.1 Å². The van der Waals surface area contributed by atoms with Gasteiger partial charge in [0.2, 0.25) is 5.89 Å². The van der Waals surface area contributed by atoms with Crippen molar-refractivity contribution in [1.29, 1.82) is 0 Å². The summed E-state index contributed by atoms with van der Waals surface area (Å²) >= 11 is 0. The number of halogens is 3. The largest absolute Gasteiger partial charge is 0.573 e. The molecule has 1 fully saturated rings. The van der Waals surface area contributed by atoms with Crippen molar-refractivity contribution in [2.24, 2.45) is 0 Å². The van der Waals surface area contributed by atoms with Gasteiger partial charge in [-0.25, -0.2) is 9.31 Å². The first-order chi connectivity index (χ1) is 18.8. The summed E-state index contributed by atoms with van der Waals surface area (Å²) in [6, 6.07) is 6.85. The molecule has 4 heterocycles. The van der Waals surface area contributed by atoms with Crippen molar-refractivity contribution in [1.82, 2.24) is 29.7 Å². The van der Waals surface area contributed by atoms with Gasteiger partial charge >= 0.3 is 12.5 Å². The number of aromatic nitrogens is 5. The lowest BCUT2D eigenvalue weighted by atomic mass is 9.93. The number of carbonyl (C=O) groups is 1. The van der Waals surface area contributed by atoms with Gasteiger partial charge in [0.05, 0.1) is 18.3 Å². The van der Waals surface area contributed by atoms with Crippen LogP contribution >= 0.6 is 0 Å². The fourth-order valence-corrected chi connectivity index (χ4v) is 4.56. The Morgan fingerprint density at radius 3 is 2.48 bits per heavy atom. The van der Waals surface area contributed by atoms with Crippen molar-refractivity contribution in [2.75, 3.05) is 13.1 Å². The third-order valence-electron chi connectivity index (χ3n) is 6.31. The van der Waals surface area contributed by atoms with Crippen molar-refractivity contribution in [3.63, 3.8) is 0 Å². The summed E-state index contributed by atoms with van der Waals surface area (Å²) in [7, 11) is 0. The monoisotopic (exact) mass is 560 g/mol. The highest BCUT2D eigenvalue weighted by Crippen LogP contribution is 2.31. The molecule has 0 radical (unpaired) electrons. The van der Waals surface area contributed by atoms with Gasteiger partial charge in [0.15, 0.2) is 0 Å². The molecule has 0 aliphatic carbocycles. The second-order valence-electron chi connectivity index (χ2n) is 10.5. The number of amides is 1. The zero-order chi connectivity index (χ0) is 28.7. The Hall–Kier alpha value is -4.36. The van der Waals surface area contributed by atoms with E-state index < -0.39 is 12.0 Å². The molecule has 1 N–H and O–H groups in total. The van der Waals surface area contributed by atoms with Crippen molar-refractivity contribution in [3.05, 3.63) is 64.0 Å². The van der Waals surface area contributed by atoms with E-state index in [4.69, 9.17) is 9.15 Å². The van der Waals surface area contributed by atoms with Crippen LogP contribution in [0.3, 0.4) is 0 Å². The highest BCUT2D eigenvalue weighted by Gasteiger charge is 2.31. The standard InChI is InChI=1S/C26H27F3N6O5/c1-25(2,3)40-24(37)34-10-8-16(9-11-34)19-13-20(36)31-22-18(14-30-35(19)22)23-33-32-21(38-23)12-15-4-6-17(7-5-15)39-26(27,28)29/h4-7,13-14,16H,8-12H2,1-3H3,(H,31,36). The van der Waals surface area contributed by atoms with E-state index in [9.17, 15) is 22.8 Å². The van der Waals surface area contributed by atoms with Crippen molar-refractivity contribution < 1.29 is 31.9 Å². The van der Waals surface area contributed by atoms with Gasteiger partial charge in [-0.2, -0.15) is 5.10 Å². The van der Waals surface area contributed by atoms with Crippen LogP contribution in [0.1, 0.15) is 56.7 Å². The molecule has 0 bridgehead atoms. The topological polar surface area (TPSA) is 128 Å². The molecule has 0 saturated carbocycles. The third-order valence-corrected chi connectivity index (χ3v) is 6.31. The lowest BCUT2D eigenvalue weighted by Crippen LogP contribution is -2.41. The highest BCUT2D eigenvalue weighted by atomic mass is 19.4. The van der Waals surface area contributed by atoms with Gasteiger partial charge in [-0.05, 0) is 51.3 Å². The number of nitrogens with zero attached hydrogens (tertiary/aromatic N) is 5. The minimum atomic E-state index is -4.77. The van der Waals surface area contributed by atoms with E-state index in [1.807, 2.05) is 20.8 Å². The number of hydrogen-bond donors (Lipinski definition) is 1. The molecule has 1 saturated heterocycles. The second-order valence-corrected chi connectivity index (χ2v) is 10.5. The normalized spacial score (nSPS) is 15.0. The first-order valence-corrected chi connectivity index (χ1v) is 12.6. The number of likely N-dealkylation sites (tertiary alicyclic amines) is 1. The molecule has 4 aromatic rings. The van der Waals surface area contributed by atoms with Crippen LogP contribution in [-0.2, 0) is 11.2 Å². The number of H-pyrrole nitrogens is 1. The number of aromatic amines is 1. The molecule has 212 valence electrons. The van der Waals surface area contributed by atoms with E-state index >= 15 is 0 Å². The first-order valence-electron chi connectivity index (χ1n) is 12.6. The molecule has 11 nitrogen and oxygen atoms in total. The van der Waals surface area contributed by atoms with Crippen LogP contribution in [-0.4, -0.2) is 60.8 Å². The Labute approximate surface area is 225 Å². The molecule has 1 amide bonds. The summed E-state index contributed by atoms with van der Waals surface area (Å²) in [5, 5.41) is 12.6. The van der Waals surface area contributed by atoms with E-state index in [0.29, 0.717) is 48.4 Å². The van der Waals surface area contributed by atoms with Gasteiger partial charge in [0, 0.05) is 25.1 Å². The smallest absolute Gasteiger partial charge is 0.444 e. The molecule has 40 heavy (non-hydrogen) atoms. The fraction of sp³-hybridized carbons (Fsp3) is 0.423. The maximum absolute atomic E-state index is 12.6. The predicted octanol–water partition coefficient (Wildman–Crippen LogP) is 4.68. The summed E-state index contributed by atoms with van der Waals surface area (Å²) < 4.78 is 53.9. The van der Waals surface area contributed by atoms with E-state index in [0.717, 1.165) is 0 Å². The molecule has 1 aliphatic heterocycles. The number of rotatable bonds is 5. The molecule has 0 spiro atoms. The molecular weight excluding hydrogens is 533 g/mol. The third kappa shape index (κ3) is 6.26. The Kier molecular flexibility index (Phi) is 7.02. The molecule has 5 rings (SSSR count). The minimum Gasteiger partial charge on any atom is -0.444 e. The van der Waals surface area contributed by atoms with E-state index in [-0.39, 0.29) is 41.5 Å². The minimum absolute atomic E-state index is 0.0150. The number of fused-ring (bicyclic) bond motifs is 1.